The summed E-state index contributed by atoms with van der Waals surface area (Å²) in [6.07, 6.45) is 14.5. The minimum absolute atomic E-state index is 0.0368. The van der Waals surface area contributed by atoms with E-state index >= 15 is 0 Å². The molecule has 1 aliphatic heterocycles. The van der Waals surface area contributed by atoms with Gasteiger partial charge in [-0.15, -0.1) is 0 Å². The molecule has 3 nitrogen and oxygen atoms in total. The number of unbranched alkanes of at least 4 members (excludes halogenated alkanes) is 9. The molecule has 23 heavy (non-hydrogen) atoms. The van der Waals surface area contributed by atoms with Gasteiger partial charge in [-0.3, -0.25) is 14.5 Å². The third kappa shape index (κ3) is 6.48. The zero-order valence-electron chi connectivity index (χ0n) is 15.5. The molecule has 132 valence electrons. The summed E-state index contributed by atoms with van der Waals surface area (Å²) >= 11 is 0. The highest BCUT2D eigenvalue weighted by molar-refractivity contribution is 6.18. The molecule has 0 radical (unpaired) electrons. The molecule has 1 heterocycles. The second-order valence-electron chi connectivity index (χ2n) is 6.80. The lowest BCUT2D eigenvalue weighted by Gasteiger charge is -2.13. The van der Waals surface area contributed by atoms with Crippen LogP contribution in [0.3, 0.4) is 0 Å². The van der Waals surface area contributed by atoms with E-state index in [9.17, 15) is 9.59 Å². The minimum Gasteiger partial charge on any atom is -0.275 e. The Morgan fingerprint density at radius 2 is 1.22 bits per heavy atom. The number of imide groups is 1. The van der Waals surface area contributed by atoms with Crippen molar-refractivity contribution in [3.05, 3.63) is 11.1 Å². The Labute approximate surface area is 142 Å². The fraction of sp³-hybridized carbons (Fsp3) is 0.800. The smallest absolute Gasteiger partial charge is 0.257 e. The summed E-state index contributed by atoms with van der Waals surface area (Å²) in [5, 5.41) is 0. The largest absolute Gasteiger partial charge is 0.275 e. The summed E-state index contributed by atoms with van der Waals surface area (Å²) in [6.45, 7) is 6.61. The zero-order valence-corrected chi connectivity index (χ0v) is 15.5. The fourth-order valence-corrected chi connectivity index (χ4v) is 3.26. The summed E-state index contributed by atoms with van der Waals surface area (Å²) < 4.78 is 0. The highest BCUT2D eigenvalue weighted by Crippen LogP contribution is 2.25. The first-order chi connectivity index (χ1) is 11.1. The number of amides is 2. The van der Waals surface area contributed by atoms with Crippen molar-refractivity contribution >= 4 is 11.8 Å². The van der Waals surface area contributed by atoms with Crippen molar-refractivity contribution in [1.29, 1.82) is 0 Å². The van der Waals surface area contributed by atoms with Crippen molar-refractivity contribution in [2.75, 3.05) is 6.54 Å². The van der Waals surface area contributed by atoms with Gasteiger partial charge < -0.3 is 0 Å². The molecule has 0 atom stereocenters. The van der Waals surface area contributed by atoms with E-state index in [1.807, 2.05) is 13.8 Å². The fourth-order valence-electron chi connectivity index (χ4n) is 3.26. The van der Waals surface area contributed by atoms with Gasteiger partial charge in [-0.1, -0.05) is 71.6 Å². The Hall–Kier alpha value is -1.12. The van der Waals surface area contributed by atoms with Crippen molar-refractivity contribution in [2.24, 2.45) is 0 Å². The van der Waals surface area contributed by atoms with E-state index in [4.69, 9.17) is 0 Å². The van der Waals surface area contributed by atoms with Gasteiger partial charge in [0.25, 0.3) is 11.8 Å². The van der Waals surface area contributed by atoms with Gasteiger partial charge in [0.1, 0.15) is 0 Å². The van der Waals surface area contributed by atoms with Gasteiger partial charge in [-0.2, -0.15) is 0 Å². The molecule has 0 spiro atoms. The summed E-state index contributed by atoms with van der Waals surface area (Å²) in [6, 6.07) is 0. The van der Waals surface area contributed by atoms with Gasteiger partial charge in [0.2, 0.25) is 0 Å². The van der Waals surface area contributed by atoms with Gasteiger partial charge in [-0.25, -0.2) is 0 Å². The number of carbonyl (C=O) groups excluding carboxylic acids is 2. The van der Waals surface area contributed by atoms with Gasteiger partial charge >= 0.3 is 0 Å². The summed E-state index contributed by atoms with van der Waals surface area (Å²) in [7, 11) is 0. The van der Waals surface area contributed by atoms with Crippen LogP contribution in [0.4, 0.5) is 0 Å². The van der Waals surface area contributed by atoms with Crippen LogP contribution in [-0.4, -0.2) is 23.3 Å². The monoisotopic (exact) mass is 321 g/mol. The highest BCUT2D eigenvalue weighted by atomic mass is 16.2. The van der Waals surface area contributed by atoms with E-state index < -0.39 is 0 Å². The van der Waals surface area contributed by atoms with E-state index in [0.717, 1.165) is 24.8 Å². The second kappa shape index (κ2) is 11.4. The van der Waals surface area contributed by atoms with E-state index in [1.54, 1.807) is 0 Å². The molecule has 0 aliphatic carbocycles. The molecule has 0 saturated heterocycles. The normalized spacial score (nSPS) is 15.2. The lowest BCUT2D eigenvalue weighted by atomic mass is 10.0. The molecule has 0 saturated carbocycles. The third-order valence-electron chi connectivity index (χ3n) is 4.75. The topological polar surface area (TPSA) is 37.4 Å². The number of carbonyl (C=O) groups is 2. The van der Waals surface area contributed by atoms with Crippen LogP contribution in [-0.2, 0) is 9.59 Å². The Balaban J connectivity index is 2.14. The van der Waals surface area contributed by atoms with Crippen molar-refractivity contribution < 1.29 is 9.59 Å². The predicted molar refractivity (Wildman–Crippen MR) is 96.2 cm³/mol. The maximum atomic E-state index is 12.3. The predicted octanol–water partition coefficient (Wildman–Crippen LogP) is 5.39. The van der Waals surface area contributed by atoms with E-state index in [0.29, 0.717) is 12.1 Å². The van der Waals surface area contributed by atoms with Crippen LogP contribution in [0.25, 0.3) is 0 Å². The first-order valence-corrected chi connectivity index (χ1v) is 9.69. The number of nitrogens with zero attached hydrogens (tertiary/aromatic N) is 1. The van der Waals surface area contributed by atoms with E-state index in [1.165, 1.54) is 62.7 Å². The molecule has 0 aromatic heterocycles. The molecule has 0 N–H and O–H groups in total. The van der Waals surface area contributed by atoms with Crippen molar-refractivity contribution in [3.8, 4) is 0 Å². The van der Waals surface area contributed by atoms with Crippen LogP contribution in [0, 0.1) is 0 Å². The van der Waals surface area contributed by atoms with Crippen molar-refractivity contribution in [3.63, 3.8) is 0 Å². The second-order valence-corrected chi connectivity index (χ2v) is 6.80. The SMILES string of the molecule is CCCCCCCCCCCCC1=C(C)C(=O)N(CCC)C1=O. The zero-order chi connectivity index (χ0) is 17.1. The third-order valence-corrected chi connectivity index (χ3v) is 4.75. The highest BCUT2D eigenvalue weighted by Gasteiger charge is 2.34. The average Bonchev–Trinajstić information content (AvgIpc) is 2.74. The molecule has 0 unspecified atom stereocenters. The van der Waals surface area contributed by atoms with Gasteiger partial charge in [0, 0.05) is 17.7 Å². The van der Waals surface area contributed by atoms with Gasteiger partial charge in [0.05, 0.1) is 0 Å². The first-order valence-electron chi connectivity index (χ1n) is 9.69. The molecule has 1 aliphatic rings. The van der Waals surface area contributed by atoms with Crippen LogP contribution < -0.4 is 0 Å². The van der Waals surface area contributed by atoms with Crippen molar-refractivity contribution in [1.82, 2.24) is 4.90 Å². The summed E-state index contributed by atoms with van der Waals surface area (Å²) in [5.41, 5.74) is 1.45. The van der Waals surface area contributed by atoms with Crippen LogP contribution in [0.15, 0.2) is 11.1 Å². The average molecular weight is 322 g/mol. The van der Waals surface area contributed by atoms with E-state index in [-0.39, 0.29) is 11.8 Å². The molecule has 3 heteroatoms. The van der Waals surface area contributed by atoms with Crippen LogP contribution >= 0.6 is 0 Å². The Bertz CT molecular complexity index is 412. The molecular formula is C20H35NO2. The quantitative estimate of drug-likeness (QED) is 0.337. The van der Waals surface area contributed by atoms with Crippen molar-refractivity contribution in [2.45, 2.75) is 97.8 Å². The number of hydrogen-bond donors (Lipinski definition) is 0. The maximum Gasteiger partial charge on any atom is 0.257 e. The lowest BCUT2D eigenvalue weighted by Crippen LogP contribution is -2.32. The standard InChI is InChI=1S/C20H35NO2/c1-4-6-7-8-9-10-11-12-13-14-15-18-17(3)19(22)21(16-5-2)20(18)23/h4-16H2,1-3H3. The number of hydrogen-bond acceptors (Lipinski definition) is 2. The molecule has 1 rings (SSSR count). The summed E-state index contributed by atoms with van der Waals surface area (Å²) in [4.78, 5) is 25.7. The molecule has 0 bridgehead atoms. The molecule has 2 amide bonds. The summed E-state index contributed by atoms with van der Waals surface area (Å²) in [5.74, 6) is -0.107. The van der Waals surface area contributed by atoms with Gasteiger partial charge in [-0.05, 0) is 26.2 Å². The molecule has 0 aromatic rings. The molecule has 0 aromatic carbocycles. The van der Waals surface area contributed by atoms with Crippen LogP contribution in [0.2, 0.25) is 0 Å². The Morgan fingerprint density at radius 3 is 1.74 bits per heavy atom. The molecule has 0 fully saturated rings. The van der Waals surface area contributed by atoms with Crippen LogP contribution in [0.1, 0.15) is 97.8 Å². The maximum absolute atomic E-state index is 12.3. The number of rotatable bonds is 13. The Morgan fingerprint density at radius 1 is 0.696 bits per heavy atom. The van der Waals surface area contributed by atoms with Gasteiger partial charge in [0.15, 0.2) is 0 Å². The molecular weight excluding hydrogens is 286 g/mol. The van der Waals surface area contributed by atoms with Crippen LogP contribution in [0.5, 0.6) is 0 Å². The minimum atomic E-state index is -0.0704. The Kier molecular flexibility index (Phi) is 9.89. The van der Waals surface area contributed by atoms with E-state index in [2.05, 4.69) is 6.92 Å². The lowest BCUT2D eigenvalue weighted by molar-refractivity contribution is -0.137. The first kappa shape index (κ1) is 19.9.